The second kappa shape index (κ2) is 7.22. The third-order valence-corrected chi connectivity index (χ3v) is 3.14. The molecule has 0 aromatic carbocycles. The molecule has 0 aliphatic heterocycles. The molecule has 98 valence electrons. The first-order valence-corrected chi connectivity index (χ1v) is 5.98. The highest BCUT2D eigenvalue weighted by molar-refractivity contribution is 4.76. The van der Waals surface area contributed by atoms with Crippen LogP contribution in [0.1, 0.15) is 40.5 Å². The highest BCUT2D eigenvalue weighted by Gasteiger charge is 2.26. The number of aliphatic hydroxyl groups excluding tert-OH is 4. The van der Waals surface area contributed by atoms with Crippen LogP contribution >= 0.6 is 0 Å². The maximum absolute atomic E-state index is 9.91. The number of hydrogen-bond donors (Lipinski definition) is 4. The zero-order chi connectivity index (χ0) is 12.9. The molecule has 0 amide bonds. The molecule has 0 aromatic rings. The van der Waals surface area contributed by atoms with Crippen LogP contribution in [-0.2, 0) is 0 Å². The second-order valence-corrected chi connectivity index (χ2v) is 5.04. The molecule has 16 heavy (non-hydrogen) atoms. The first kappa shape index (κ1) is 15.8. The topological polar surface area (TPSA) is 80.9 Å². The van der Waals surface area contributed by atoms with E-state index < -0.39 is 24.4 Å². The molecule has 0 rings (SSSR count). The lowest BCUT2D eigenvalue weighted by atomic mass is 9.86. The summed E-state index contributed by atoms with van der Waals surface area (Å²) in [7, 11) is 0. The van der Waals surface area contributed by atoms with Crippen LogP contribution in [0.5, 0.6) is 0 Å². The third-order valence-electron chi connectivity index (χ3n) is 3.14. The van der Waals surface area contributed by atoms with Gasteiger partial charge in [-0.1, -0.05) is 13.8 Å². The van der Waals surface area contributed by atoms with Crippen molar-refractivity contribution in [2.45, 2.75) is 65.0 Å². The van der Waals surface area contributed by atoms with Crippen molar-refractivity contribution in [1.82, 2.24) is 0 Å². The van der Waals surface area contributed by atoms with Crippen LogP contribution < -0.4 is 0 Å². The van der Waals surface area contributed by atoms with Crippen molar-refractivity contribution >= 4 is 0 Å². The van der Waals surface area contributed by atoms with E-state index in [2.05, 4.69) is 0 Å². The molecule has 6 unspecified atom stereocenters. The van der Waals surface area contributed by atoms with E-state index in [-0.39, 0.29) is 11.8 Å². The predicted molar refractivity (Wildman–Crippen MR) is 62.9 cm³/mol. The largest absolute Gasteiger partial charge is 0.393 e. The molecule has 4 nitrogen and oxygen atoms in total. The fourth-order valence-corrected chi connectivity index (χ4v) is 1.86. The van der Waals surface area contributed by atoms with E-state index in [0.717, 1.165) is 0 Å². The molecule has 4 N–H and O–H groups in total. The molecule has 4 heteroatoms. The molecule has 0 saturated heterocycles. The molecule has 0 radical (unpaired) electrons. The van der Waals surface area contributed by atoms with Crippen molar-refractivity contribution in [3.05, 3.63) is 0 Å². The van der Waals surface area contributed by atoms with E-state index in [4.69, 9.17) is 5.11 Å². The van der Waals surface area contributed by atoms with Gasteiger partial charge in [0.05, 0.1) is 24.4 Å². The Morgan fingerprint density at radius 2 is 1.31 bits per heavy atom. The lowest BCUT2D eigenvalue weighted by molar-refractivity contribution is -0.0172. The fraction of sp³-hybridized carbons (Fsp3) is 1.00. The van der Waals surface area contributed by atoms with Gasteiger partial charge in [-0.3, -0.25) is 0 Å². The van der Waals surface area contributed by atoms with Crippen LogP contribution in [0.2, 0.25) is 0 Å². The summed E-state index contributed by atoms with van der Waals surface area (Å²) >= 11 is 0. The zero-order valence-corrected chi connectivity index (χ0v) is 10.7. The molecule has 0 bridgehead atoms. The lowest BCUT2D eigenvalue weighted by Crippen LogP contribution is -2.34. The number of aliphatic hydroxyl groups is 4. The van der Waals surface area contributed by atoms with Gasteiger partial charge >= 0.3 is 0 Å². The summed E-state index contributed by atoms with van der Waals surface area (Å²) < 4.78 is 0. The monoisotopic (exact) mass is 234 g/mol. The van der Waals surface area contributed by atoms with Crippen molar-refractivity contribution in [1.29, 1.82) is 0 Å². The second-order valence-electron chi connectivity index (χ2n) is 5.04. The molecule has 0 aromatic heterocycles. The molecule has 0 fully saturated rings. The minimum atomic E-state index is -0.636. The number of hydrogen-bond acceptors (Lipinski definition) is 4. The van der Waals surface area contributed by atoms with Gasteiger partial charge in [0.15, 0.2) is 0 Å². The van der Waals surface area contributed by atoms with Crippen LogP contribution in [0.3, 0.4) is 0 Å². The molecule has 0 heterocycles. The minimum absolute atomic E-state index is 0.0988. The van der Waals surface area contributed by atoms with Crippen molar-refractivity contribution in [2.24, 2.45) is 11.8 Å². The fourth-order valence-electron chi connectivity index (χ4n) is 1.86. The third kappa shape index (κ3) is 5.80. The quantitative estimate of drug-likeness (QED) is 0.518. The zero-order valence-electron chi connectivity index (χ0n) is 10.7. The molecule has 0 spiro atoms. The Kier molecular flexibility index (Phi) is 7.15. The Hall–Kier alpha value is -0.160. The van der Waals surface area contributed by atoms with Crippen LogP contribution in [0, 0.1) is 11.8 Å². The van der Waals surface area contributed by atoms with Gasteiger partial charge in [0.25, 0.3) is 0 Å². The normalized spacial score (nSPS) is 23.2. The first-order chi connectivity index (χ1) is 7.25. The van der Waals surface area contributed by atoms with Crippen LogP contribution in [0.4, 0.5) is 0 Å². The predicted octanol–water partition coefficient (Wildman–Crippen LogP) is 0.522. The molecule has 0 saturated carbocycles. The Bertz CT molecular complexity index is 182. The summed E-state index contributed by atoms with van der Waals surface area (Å²) in [5.74, 6) is -0.313. The summed E-state index contributed by atoms with van der Waals surface area (Å²) in [6.45, 7) is 6.90. The van der Waals surface area contributed by atoms with Gasteiger partial charge in [0.2, 0.25) is 0 Å². The molecular weight excluding hydrogens is 208 g/mol. The van der Waals surface area contributed by atoms with E-state index in [1.165, 1.54) is 0 Å². The van der Waals surface area contributed by atoms with E-state index in [9.17, 15) is 15.3 Å². The molecule has 0 aliphatic rings. The van der Waals surface area contributed by atoms with E-state index >= 15 is 0 Å². The molecule has 6 atom stereocenters. The van der Waals surface area contributed by atoms with Gasteiger partial charge in [0, 0.05) is 5.92 Å². The van der Waals surface area contributed by atoms with Gasteiger partial charge in [-0.05, 0) is 32.6 Å². The van der Waals surface area contributed by atoms with Gasteiger partial charge < -0.3 is 20.4 Å². The minimum Gasteiger partial charge on any atom is -0.393 e. The molecule has 0 aliphatic carbocycles. The summed E-state index contributed by atoms with van der Waals surface area (Å²) in [6.07, 6.45) is -1.59. The Labute approximate surface area is 97.9 Å². The summed E-state index contributed by atoms with van der Waals surface area (Å²) in [5.41, 5.74) is 0. The summed E-state index contributed by atoms with van der Waals surface area (Å²) in [5, 5.41) is 38.0. The Balaban J connectivity index is 4.09. The van der Waals surface area contributed by atoms with Crippen LogP contribution in [-0.4, -0.2) is 44.8 Å². The highest BCUT2D eigenvalue weighted by Crippen LogP contribution is 2.21. The average Bonchev–Trinajstić information content (AvgIpc) is 2.13. The van der Waals surface area contributed by atoms with Gasteiger partial charge in [-0.2, -0.15) is 0 Å². The smallest absolute Gasteiger partial charge is 0.0616 e. The Morgan fingerprint density at radius 3 is 1.69 bits per heavy atom. The Morgan fingerprint density at radius 1 is 0.812 bits per heavy atom. The summed E-state index contributed by atoms with van der Waals surface area (Å²) in [6, 6.07) is 0. The van der Waals surface area contributed by atoms with Crippen molar-refractivity contribution in [2.75, 3.05) is 0 Å². The maximum Gasteiger partial charge on any atom is 0.0616 e. The standard InChI is InChI=1S/C12H26O4/c1-7(5-11(15)6-8(2)13)12(16)9(3)10(4)14/h7-16H,5-6H2,1-4H3. The van der Waals surface area contributed by atoms with Crippen molar-refractivity contribution in [3.8, 4) is 0 Å². The SMILES string of the molecule is CC(O)CC(O)CC(C)C(O)C(C)C(C)O. The van der Waals surface area contributed by atoms with Gasteiger partial charge in [-0.25, -0.2) is 0 Å². The maximum atomic E-state index is 9.91. The van der Waals surface area contributed by atoms with Crippen molar-refractivity contribution < 1.29 is 20.4 Å². The van der Waals surface area contributed by atoms with E-state index in [1.807, 2.05) is 6.92 Å². The van der Waals surface area contributed by atoms with E-state index in [1.54, 1.807) is 20.8 Å². The molecular formula is C12H26O4. The van der Waals surface area contributed by atoms with Crippen LogP contribution in [0.15, 0.2) is 0 Å². The number of rotatable bonds is 7. The average molecular weight is 234 g/mol. The van der Waals surface area contributed by atoms with Crippen LogP contribution in [0.25, 0.3) is 0 Å². The van der Waals surface area contributed by atoms with Gasteiger partial charge in [-0.15, -0.1) is 0 Å². The summed E-state index contributed by atoms with van der Waals surface area (Å²) in [4.78, 5) is 0. The lowest BCUT2D eigenvalue weighted by Gasteiger charge is -2.28. The van der Waals surface area contributed by atoms with Gasteiger partial charge in [0.1, 0.15) is 0 Å². The van der Waals surface area contributed by atoms with E-state index in [0.29, 0.717) is 12.8 Å². The first-order valence-electron chi connectivity index (χ1n) is 5.98. The van der Waals surface area contributed by atoms with Crippen molar-refractivity contribution in [3.63, 3.8) is 0 Å². The highest BCUT2D eigenvalue weighted by atomic mass is 16.3.